The standard InChI is InChI=1S/C15H30NO.CO2.Na/c1-4-5-6-7-8-9-10-11-12-13-15(17)16-14(2)3;2-1-3;/h14H,2,4-13H2,1,3H3,(H,16,17);;/q-1;;+1. The maximum absolute atomic E-state index is 11.3. The van der Waals surface area contributed by atoms with Crippen LogP contribution >= 0.6 is 0 Å². The van der Waals surface area contributed by atoms with Gasteiger partial charge in [-0.25, -0.2) is 0 Å². The van der Waals surface area contributed by atoms with Gasteiger partial charge in [0.2, 0.25) is 5.91 Å². The van der Waals surface area contributed by atoms with E-state index in [-0.39, 0.29) is 47.7 Å². The SMILES string of the molecule is O=C=O.[CH2-]C(C)NC(=O)CCCCCCCCCCC.[Na+]. The van der Waals surface area contributed by atoms with E-state index >= 15 is 0 Å². The van der Waals surface area contributed by atoms with E-state index in [0.29, 0.717) is 6.42 Å². The summed E-state index contributed by atoms with van der Waals surface area (Å²) in [4.78, 5) is 27.6. The number of amides is 1. The number of unbranched alkanes of at least 4 members (excludes halogenated alkanes) is 8. The van der Waals surface area contributed by atoms with Crippen LogP contribution in [0.2, 0.25) is 0 Å². The molecule has 0 radical (unpaired) electrons. The molecule has 1 N–H and O–H groups in total. The van der Waals surface area contributed by atoms with Crippen LogP contribution in [0.25, 0.3) is 0 Å². The number of hydrogen-bond donors (Lipinski definition) is 1. The number of nitrogens with one attached hydrogen (secondary N) is 1. The summed E-state index contributed by atoms with van der Waals surface area (Å²) in [6.07, 6.45) is 12.6. The van der Waals surface area contributed by atoms with Gasteiger partial charge in [0.25, 0.3) is 0 Å². The molecule has 0 aromatic carbocycles. The fourth-order valence-corrected chi connectivity index (χ4v) is 1.94. The molecule has 118 valence electrons. The average Bonchev–Trinajstić information content (AvgIpc) is 2.37. The van der Waals surface area contributed by atoms with Crippen LogP contribution in [0.5, 0.6) is 0 Å². The second-order valence-electron chi connectivity index (χ2n) is 5.13. The van der Waals surface area contributed by atoms with Crippen LogP contribution in [-0.2, 0) is 14.4 Å². The smallest absolute Gasteiger partial charge is 0.383 e. The Hall–Kier alpha value is -0.150. The summed E-state index contributed by atoms with van der Waals surface area (Å²) in [5.74, 6) is 0.149. The molecule has 21 heavy (non-hydrogen) atoms. The first-order chi connectivity index (χ1) is 9.58. The summed E-state index contributed by atoms with van der Waals surface area (Å²) in [7, 11) is 0. The average molecular weight is 307 g/mol. The van der Waals surface area contributed by atoms with Gasteiger partial charge in [0.1, 0.15) is 0 Å². The summed E-state index contributed by atoms with van der Waals surface area (Å²) in [6.45, 7) is 7.88. The van der Waals surface area contributed by atoms with Crippen LogP contribution in [-0.4, -0.2) is 18.1 Å². The topological polar surface area (TPSA) is 63.2 Å². The summed E-state index contributed by atoms with van der Waals surface area (Å²) >= 11 is 0. The van der Waals surface area contributed by atoms with Crippen molar-refractivity contribution < 1.29 is 43.9 Å². The maximum Gasteiger partial charge on any atom is 1.00 e. The van der Waals surface area contributed by atoms with Gasteiger partial charge in [-0.3, -0.25) is 4.79 Å². The van der Waals surface area contributed by atoms with Crippen molar-refractivity contribution in [3.63, 3.8) is 0 Å². The molecule has 0 aliphatic rings. The molecule has 1 atom stereocenters. The van der Waals surface area contributed by atoms with Gasteiger partial charge in [-0.15, -0.1) is 0 Å². The van der Waals surface area contributed by atoms with Crippen LogP contribution in [0, 0.1) is 6.92 Å². The molecular weight excluding hydrogens is 277 g/mol. The van der Waals surface area contributed by atoms with Gasteiger partial charge in [0.15, 0.2) is 0 Å². The number of hydrogen-bond acceptors (Lipinski definition) is 3. The van der Waals surface area contributed by atoms with E-state index in [1.165, 1.54) is 51.4 Å². The molecule has 0 aliphatic heterocycles. The predicted molar refractivity (Wildman–Crippen MR) is 79.8 cm³/mol. The van der Waals surface area contributed by atoms with Crippen LogP contribution < -0.4 is 34.9 Å². The number of rotatable bonds is 11. The second-order valence-corrected chi connectivity index (χ2v) is 5.13. The van der Waals surface area contributed by atoms with Crippen LogP contribution in [0.1, 0.15) is 78.1 Å². The minimum Gasteiger partial charge on any atom is -0.383 e. The van der Waals surface area contributed by atoms with E-state index in [4.69, 9.17) is 9.59 Å². The zero-order valence-electron chi connectivity index (χ0n) is 14.1. The van der Waals surface area contributed by atoms with Crippen molar-refractivity contribution >= 4 is 12.1 Å². The molecule has 0 heterocycles. The van der Waals surface area contributed by atoms with Crippen LogP contribution in [0.4, 0.5) is 0 Å². The third-order valence-electron chi connectivity index (χ3n) is 2.91. The molecule has 0 bridgehead atoms. The third kappa shape index (κ3) is 28.7. The monoisotopic (exact) mass is 307 g/mol. The Kier molecular flexibility index (Phi) is 27.2. The molecule has 0 saturated heterocycles. The van der Waals surface area contributed by atoms with Crippen LogP contribution in [0.3, 0.4) is 0 Å². The quantitative estimate of drug-likeness (QED) is 0.347. The predicted octanol–water partition coefficient (Wildman–Crippen LogP) is 0.667. The minimum atomic E-state index is 0. The van der Waals surface area contributed by atoms with Crippen molar-refractivity contribution in [2.45, 2.75) is 84.1 Å². The molecule has 0 saturated carbocycles. The molecule has 5 heteroatoms. The molecule has 0 aromatic rings. The third-order valence-corrected chi connectivity index (χ3v) is 2.91. The van der Waals surface area contributed by atoms with E-state index < -0.39 is 0 Å². The summed E-state index contributed by atoms with van der Waals surface area (Å²) in [5, 5.41) is 2.82. The Bertz CT molecular complexity index is 252. The molecule has 0 aromatic heterocycles. The number of carbonyl (C=O) groups excluding carboxylic acids is 3. The largest absolute Gasteiger partial charge is 1.00 e. The van der Waals surface area contributed by atoms with Crippen molar-refractivity contribution in [1.82, 2.24) is 5.32 Å². The maximum atomic E-state index is 11.3. The molecule has 0 spiro atoms. The van der Waals surface area contributed by atoms with Crippen molar-refractivity contribution in [2.24, 2.45) is 0 Å². The molecule has 4 nitrogen and oxygen atoms in total. The Morgan fingerprint density at radius 1 is 1.00 bits per heavy atom. The van der Waals surface area contributed by atoms with Gasteiger partial charge in [-0.05, 0) is 6.42 Å². The Morgan fingerprint density at radius 2 is 1.38 bits per heavy atom. The normalized spacial score (nSPS) is 10.4. The molecule has 0 fully saturated rings. The van der Waals surface area contributed by atoms with Gasteiger partial charge in [0.05, 0.1) is 0 Å². The first-order valence-electron chi connectivity index (χ1n) is 7.70. The Balaban J connectivity index is -0.000000740. The molecule has 0 aliphatic carbocycles. The first-order valence-corrected chi connectivity index (χ1v) is 7.70. The zero-order valence-corrected chi connectivity index (χ0v) is 16.1. The van der Waals surface area contributed by atoms with Gasteiger partial charge in [-0.2, -0.15) is 9.59 Å². The fraction of sp³-hybridized carbons (Fsp3) is 0.812. The zero-order chi connectivity index (χ0) is 15.6. The Labute approximate surface area is 152 Å². The van der Waals surface area contributed by atoms with Crippen molar-refractivity contribution in [3.8, 4) is 0 Å². The molecule has 1 unspecified atom stereocenters. The van der Waals surface area contributed by atoms with Gasteiger partial charge >= 0.3 is 35.7 Å². The van der Waals surface area contributed by atoms with E-state index in [2.05, 4.69) is 19.2 Å². The Morgan fingerprint density at radius 3 is 1.76 bits per heavy atom. The van der Waals surface area contributed by atoms with Gasteiger partial charge < -0.3 is 12.2 Å². The van der Waals surface area contributed by atoms with Crippen molar-refractivity contribution in [1.29, 1.82) is 0 Å². The minimum absolute atomic E-state index is 0. The van der Waals surface area contributed by atoms with E-state index in [1.807, 2.05) is 6.92 Å². The van der Waals surface area contributed by atoms with Crippen LogP contribution in [0.15, 0.2) is 0 Å². The second kappa shape index (κ2) is 22.1. The summed E-state index contributed by atoms with van der Waals surface area (Å²) in [5.41, 5.74) is 0. The van der Waals surface area contributed by atoms with E-state index in [1.54, 1.807) is 0 Å². The van der Waals surface area contributed by atoms with Crippen molar-refractivity contribution in [3.05, 3.63) is 6.92 Å². The molecule has 1 amide bonds. The summed E-state index contributed by atoms with van der Waals surface area (Å²) in [6, 6.07) is 0.0288. The van der Waals surface area contributed by atoms with E-state index in [0.717, 1.165) is 6.42 Å². The van der Waals surface area contributed by atoms with E-state index in [9.17, 15) is 4.79 Å². The fourth-order valence-electron chi connectivity index (χ4n) is 1.94. The molecule has 0 rings (SSSR count). The van der Waals surface area contributed by atoms with Crippen molar-refractivity contribution in [2.75, 3.05) is 0 Å². The van der Waals surface area contributed by atoms with Gasteiger partial charge in [0, 0.05) is 6.42 Å². The summed E-state index contributed by atoms with van der Waals surface area (Å²) < 4.78 is 0. The first kappa shape index (κ1) is 25.8. The molecular formula is C16H30NNaO3. The van der Waals surface area contributed by atoms with Gasteiger partial charge in [-0.1, -0.05) is 71.3 Å². The number of carbonyl (C=O) groups is 1.